The summed E-state index contributed by atoms with van der Waals surface area (Å²) >= 11 is 1.87. The fourth-order valence-electron chi connectivity index (χ4n) is 1.67. The molecular weight excluding hydrogens is 198 g/mol. The Kier molecular flexibility index (Phi) is 5.33. The number of hydrogen-bond donors (Lipinski definition) is 2. The van der Waals surface area contributed by atoms with Gasteiger partial charge in [0.1, 0.15) is 0 Å². The molecule has 1 aliphatic heterocycles. The van der Waals surface area contributed by atoms with Crippen molar-refractivity contribution in [3.05, 3.63) is 0 Å². The van der Waals surface area contributed by atoms with Crippen molar-refractivity contribution in [1.82, 2.24) is 5.32 Å². The largest absolute Gasteiger partial charge is 0.481 e. The zero-order valence-electron chi connectivity index (χ0n) is 8.66. The second kappa shape index (κ2) is 6.30. The average molecular weight is 217 g/mol. The zero-order valence-corrected chi connectivity index (χ0v) is 9.48. The summed E-state index contributed by atoms with van der Waals surface area (Å²) in [5.41, 5.74) is 0. The number of unbranched alkanes of at least 4 members (excludes halogenated alkanes) is 2. The number of carboxylic acids is 1. The van der Waals surface area contributed by atoms with E-state index in [4.69, 9.17) is 5.11 Å². The Hall–Kier alpha value is -0.220. The van der Waals surface area contributed by atoms with Crippen molar-refractivity contribution in [3.8, 4) is 0 Å². The minimum absolute atomic E-state index is 0.184. The van der Waals surface area contributed by atoms with Gasteiger partial charge in [0.25, 0.3) is 0 Å². The van der Waals surface area contributed by atoms with Crippen molar-refractivity contribution >= 4 is 17.7 Å². The first kappa shape index (κ1) is 11.9. The molecule has 1 rings (SSSR count). The number of thioether (sulfide) groups is 1. The molecule has 3 nitrogen and oxygen atoms in total. The average Bonchev–Trinajstić information content (AvgIpc) is 2.52. The van der Waals surface area contributed by atoms with E-state index in [9.17, 15) is 4.79 Å². The Morgan fingerprint density at radius 2 is 2.36 bits per heavy atom. The molecule has 14 heavy (non-hydrogen) atoms. The summed E-state index contributed by atoms with van der Waals surface area (Å²) < 4.78 is 0. The van der Waals surface area contributed by atoms with Crippen molar-refractivity contribution in [1.29, 1.82) is 0 Å². The summed E-state index contributed by atoms with van der Waals surface area (Å²) in [6.07, 6.45) is 5.21. The van der Waals surface area contributed by atoms with Crippen LogP contribution >= 0.6 is 11.8 Å². The maximum absolute atomic E-state index is 10.5. The van der Waals surface area contributed by atoms with Gasteiger partial charge in [-0.15, -0.1) is 11.8 Å². The Balaban J connectivity index is 2.11. The van der Waals surface area contributed by atoms with Crippen molar-refractivity contribution < 1.29 is 9.90 Å². The zero-order chi connectivity index (χ0) is 10.4. The van der Waals surface area contributed by atoms with Crippen LogP contribution in [0.3, 0.4) is 0 Å². The molecule has 0 amide bonds. The summed E-state index contributed by atoms with van der Waals surface area (Å²) in [5.74, 6) is 0.251. The van der Waals surface area contributed by atoms with Gasteiger partial charge in [0.2, 0.25) is 0 Å². The number of nitrogens with one attached hydrogen (secondary N) is 1. The van der Waals surface area contributed by atoms with Crippen molar-refractivity contribution in [2.75, 3.05) is 5.75 Å². The standard InChI is InChI=1S/C10H19NO2S/c1-2-3-4-5-9-11-8(7-14-9)6-10(12)13/h8-9,11H,2-7H2,1H3,(H,12,13). The number of hydrogen-bond acceptors (Lipinski definition) is 3. The minimum Gasteiger partial charge on any atom is -0.481 e. The highest BCUT2D eigenvalue weighted by Crippen LogP contribution is 2.24. The van der Waals surface area contributed by atoms with Crippen LogP contribution in [0.4, 0.5) is 0 Å². The molecule has 1 heterocycles. The van der Waals surface area contributed by atoms with E-state index in [0.29, 0.717) is 5.37 Å². The Morgan fingerprint density at radius 3 is 3.00 bits per heavy atom. The molecule has 4 heteroatoms. The quantitative estimate of drug-likeness (QED) is 0.669. The fraction of sp³-hybridized carbons (Fsp3) is 0.900. The van der Waals surface area contributed by atoms with Crippen LogP contribution in [0.1, 0.15) is 39.0 Å². The number of aliphatic carboxylic acids is 1. The lowest BCUT2D eigenvalue weighted by Gasteiger charge is -2.11. The maximum atomic E-state index is 10.5. The maximum Gasteiger partial charge on any atom is 0.304 e. The lowest BCUT2D eigenvalue weighted by Crippen LogP contribution is -2.31. The predicted octanol–water partition coefficient (Wildman–Crippen LogP) is 2.07. The number of carbonyl (C=O) groups is 1. The summed E-state index contributed by atoms with van der Waals surface area (Å²) in [4.78, 5) is 10.5. The van der Waals surface area contributed by atoms with Gasteiger partial charge >= 0.3 is 5.97 Å². The van der Waals surface area contributed by atoms with Gasteiger partial charge in [-0.25, -0.2) is 0 Å². The molecule has 0 saturated carbocycles. The lowest BCUT2D eigenvalue weighted by atomic mass is 10.2. The third kappa shape index (κ3) is 4.33. The molecule has 2 unspecified atom stereocenters. The van der Waals surface area contributed by atoms with Gasteiger partial charge in [0, 0.05) is 11.8 Å². The second-order valence-electron chi connectivity index (χ2n) is 3.78. The summed E-state index contributed by atoms with van der Waals surface area (Å²) in [6.45, 7) is 2.20. The smallest absolute Gasteiger partial charge is 0.304 e. The monoisotopic (exact) mass is 217 g/mol. The van der Waals surface area contributed by atoms with E-state index < -0.39 is 5.97 Å². The van der Waals surface area contributed by atoms with Crippen molar-refractivity contribution in [2.45, 2.75) is 50.4 Å². The first-order valence-electron chi connectivity index (χ1n) is 5.31. The van der Waals surface area contributed by atoms with Gasteiger partial charge < -0.3 is 10.4 Å². The Bertz CT molecular complexity index is 187. The van der Waals surface area contributed by atoms with Gasteiger partial charge in [-0.1, -0.05) is 26.2 Å². The summed E-state index contributed by atoms with van der Waals surface area (Å²) in [7, 11) is 0. The molecule has 2 N–H and O–H groups in total. The van der Waals surface area contributed by atoms with Crippen LogP contribution in [-0.4, -0.2) is 28.2 Å². The van der Waals surface area contributed by atoms with E-state index in [-0.39, 0.29) is 12.5 Å². The van der Waals surface area contributed by atoms with Gasteiger partial charge in [-0.3, -0.25) is 4.79 Å². The molecule has 1 fully saturated rings. The lowest BCUT2D eigenvalue weighted by molar-refractivity contribution is -0.137. The molecule has 0 aromatic heterocycles. The third-order valence-electron chi connectivity index (χ3n) is 2.41. The van der Waals surface area contributed by atoms with Crippen LogP contribution in [0.15, 0.2) is 0 Å². The van der Waals surface area contributed by atoms with Gasteiger partial charge in [0.05, 0.1) is 11.8 Å². The molecule has 82 valence electrons. The van der Waals surface area contributed by atoms with Crippen LogP contribution in [0.2, 0.25) is 0 Å². The van der Waals surface area contributed by atoms with E-state index in [1.54, 1.807) is 0 Å². The normalized spacial score (nSPS) is 26.6. The summed E-state index contributed by atoms with van der Waals surface area (Å²) in [5, 5.41) is 12.5. The van der Waals surface area contributed by atoms with Crippen LogP contribution in [0.25, 0.3) is 0 Å². The molecule has 0 aromatic carbocycles. The molecule has 2 atom stereocenters. The molecule has 0 radical (unpaired) electrons. The van der Waals surface area contributed by atoms with Crippen molar-refractivity contribution in [2.24, 2.45) is 0 Å². The minimum atomic E-state index is -0.697. The Morgan fingerprint density at radius 1 is 1.57 bits per heavy atom. The highest BCUT2D eigenvalue weighted by Gasteiger charge is 2.25. The summed E-state index contributed by atoms with van der Waals surface area (Å²) in [6, 6.07) is 0.184. The second-order valence-corrected chi connectivity index (χ2v) is 5.01. The molecule has 0 aliphatic carbocycles. The van der Waals surface area contributed by atoms with Crippen molar-refractivity contribution in [3.63, 3.8) is 0 Å². The SMILES string of the molecule is CCCCCC1NC(CC(=O)O)CS1. The van der Waals surface area contributed by atoms with E-state index in [2.05, 4.69) is 12.2 Å². The van der Waals surface area contributed by atoms with Crippen LogP contribution < -0.4 is 5.32 Å². The molecule has 0 bridgehead atoms. The predicted molar refractivity (Wildman–Crippen MR) is 59.6 cm³/mol. The molecule has 0 aromatic rings. The highest BCUT2D eigenvalue weighted by molar-refractivity contribution is 8.00. The first-order valence-corrected chi connectivity index (χ1v) is 6.36. The van der Waals surface area contributed by atoms with E-state index in [0.717, 1.165) is 5.75 Å². The molecule has 1 saturated heterocycles. The van der Waals surface area contributed by atoms with E-state index in [1.807, 2.05) is 11.8 Å². The van der Waals surface area contributed by atoms with Crippen LogP contribution in [0, 0.1) is 0 Å². The first-order chi connectivity index (χ1) is 6.72. The molecular formula is C10H19NO2S. The molecule has 1 aliphatic rings. The van der Waals surface area contributed by atoms with Gasteiger partial charge in [-0.05, 0) is 6.42 Å². The number of rotatable bonds is 6. The topological polar surface area (TPSA) is 49.3 Å². The van der Waals surface area contributed by atoms with E-state index >= 15 is 0 Å². The fourth-order valence-corrected chi connectivity index (χ4v) is 2.97. The van der Waals surface area contributed by atoms with Crippen LogP contribution in [0.5, 0.6) is 0 Å². The van der Waals surface area contributed by atoms with E-state index in [1.165, 1.54) is 25.7 Å². The van der Waals surface area contributed by atoms with Crippen LogP contribution in [-0.2, 0) is 4.79 Å². The third-order valence-corrected chi connectivity index (χ3v) is 3.78. The Labute approximate surface area is 89.6 Å². The highest BCUT2D eigenvalue weighted by atomic mass is 32.2. The van der Waals surface area contributed by atoms with Gasteiger partial charge in [0.15, 0.2) is 0 Å². The molecule has 0 spiro atoms. The van der Waals surface area contributed by atoms with Gasteiger partial charge in [-0.2, -0.15) is 0 Å². The number of carboxylic acid groups (broad SMARTS) is 1.